The van der Waals surface area contributed by atoms with E-state index in [4.69, 9.17) is 4.74 Å². The van der Waals surface area contributed by atoms with Gasteiger partial charge in [0, 0.05) is 12.0 Å². The highest BCUT2D eigenvalue weighted by molar-refractivity contribution is 14.1. The summed E-state index contributed by atoms with van der Waals surface area (Å²) in [4.78, 5) is 0. The molecule has 1 aliphatic heterocycles. The fourth-order valence-electron chi connectivity index (χ4n) is 2.46. The highest BCUT2D eigenvalue weighted by atomic mass is 127. The molecule has 1 aliphatic rings. The highest BCUT2D eigenvalue weighted by Gasteiger charge is 2.21. The van der Waals surface area contributed by atoms with Crippen molar-refractivity contribution in [2.45, 2.75) is 32.2 Å². The van der Waals surface area contributed by atoms with Gasteiger partial charge in [-0.05, 0) is 53.5 Å². The zero-order valence-corrected chi connectivity index (χ0v) is 12.1. The Morgan fingerprint density at radius 3 is 3.06 bits per heavy atom. The van der Waals surface area contributed by atoms with Gasteiger partial charge in [0.25, 0.3) is 0 Å². The van der Waals surface area contributed by atoms with E-state index >= 15 is 0 Å². The summed E-state index contributed by atoms with van der Waals surface area (Å²) in [5.41, 5.74) is 1.68. The second-order valence-corrected chi connectivity index (χ2v) is 5.52. The van der Waals surface area contributed by atoms with Crippen LogP contribution in [-0.4, -0.2) is 16.4 Å². The summed E-state index contributed by atoms with van der Waals surface area (Å²) in [5, 5.41) is 5.46. The molecule has 18 heavy (non-hydrogen) atoms. The number of benzene rings is 1. The maximum absolute atomic E-state index is 13.0. The summed E-state index contributed by atoms with van der Waals surface area (Å²) in [5.74, 6) is 0. The lowest BCUT2D eigenvalue weighted by molar-refractivity contribution is -0.0368. The van der Waals surface area contributed by atoms with Crippen molar-refractivity contribution in [2.75, 3.05) is 6.61 Å². The Kier molecular flexibility index (Phi) is 3.52. The Morgan fingerprint density at radius 1 is 1.44 bits per heavy atom. The molecule has 3 rings (SSSR count). The van der Waals surface area contributed by atoms with Crippen molar-refractivity contribution in [2.24, 2.45) is 0 Å². The van der Waals surface area contributed by atoms with Crippen LogP contribution in [-0.2, 0) is 11.4 Å². The monoisotopic (exact) mass is 360 g/mol. The van der Waals surface area contributed by atoms with Crippen molar-refractivity contribution < 1.29 is 9.13 Å². The zero-order valence-electron chi connectivity index (χ0n) is 9.90. The molecule has 0 bridgehead atoms. The molecule has 0 aliphatic carbocycles. The molecule has 2 heterocycles. The van der Waals surface area contributed by atoms with Crippen molar-refractivity contribution >= 4 is 33.5 Å². The van der Waals surface area contributed by atoms with E-state index in [9.17, 15) is 4.39 Å². The molecular weight excluding hydrogens is 346 g/mol. The van der Waals surface area contributed by atoms with Crippen LogP contribution in [0, 0.1) is 3.70 Å². The normalized spacial score (nSPS) is 20.4. The highest BCUT2D eigenvalue weighted by Crippen LogP contribution is 2.30. The summed E-state index contributed by atoms with van der Waals surface area (Å²) >= 11 is 2.17. The third kappa shape index (κ3) is 2.03. The van der Waals surface area contributed by atoms with Crippen LogP contribution in [0.3, 0.4) is 0 Å². The van der Waals surface area contributed by atoms with E-state index in [2.05, 4.69) is 27.7 Å². The minimum absolute atomic E-state index is 0.000345. The number of hydrogen-bond donors (Lipinski definition) is 0. The molecule has 0 saturated carbocycles. The van der Waals surface area contributed by atoms with E-state index in [0.29, 0.717) is 5.56 Å². The van der Waals surface area contributed by atoms with Gasteiger partial charge in [0.2, 0.25) is 0 Å². The predicted octanol–water partition coefficient (Wildman–Crippen LogP) is 3.81. The van der Waals surface area contributed by atoms with E-state index in [1.165, 1.54) is 0 Å². The average molecular weight is 360 g/mol. The van der Waals surface area contributed by atoms with Gasteiger partial charge in [-0.2, -0.15) is 5.10 Å². The van der Waals surface area contributed by atoms with Crippen LogP contribution >= 0.6 is 22.6 Å². The number of rotatable bonds is 2. The van der Waals surface area contributed by atoms with Crippen LogP contribution in [0.2, 0.25) is 0 Å². The van der Waals surface area contributed by atoms with Crippen molar-refractivity contribution in [3.05, 3.63) is 27.5 Å². The molecule has 0 radical (unpaired) electrons. The van der Waals surface area contributed by atoms with E-state index in [1.807, 2.05) is 22.9 Å². The Hall–Kier alpha value is -0.690. The van der Waals surface area contributed by atoms with Gasteiger partial charge in [-0.1, -0.05) is 12.1 Å². The average Bonchev–Trinajstić information content (AvgIpc) is 2.77. The summed E-state index contributed by atoms with van der Waals surface area (Å²) < 4.78 is 21.5. The van der Waals surface area contributed by atoms with Crippen molar-refractivity contribution in [3.8, 4) is 0 Å². The molecule has 1 atom stereocenters. The molecule has 0 spiro atoms. The van der Waals surface area contributed by atoms with Crippen LogP contribution in [0.15, 0.2) is 18.2 Å². The molecule has 96 valence electrons. The number of halogens is 2. The lowest BCUT2D eigenvalue weighted by Crippen LogP contribution is -2.19. The van der Waals surface area contributed by atoms with Crippen molar-refractivity contribution in [3.63, 3.8) is 0 Å². The first-order valence-electron chi connectivity index (χ1n) is 6.14. The second-order valence-electron chi connectivity index (χ2n) is 4.50. The van der Waals surface area contributed by atoms with Gasteiger partial charge < -0.3 is 4.74 Å². The molecule has 1 fully saturated rings. The minimum Gasteiger partial charge on any atom is -0.356 e. The van der Waals surface area contributed by atoms with Crippen LogP contribution in [0.5, 0.6) is 0 Å². The topological polar surface area (TPSA) is 27.1 Å². The first kappa shape index (κ1) is 12.3. The number of ether oxygens (including phenoxy) is 1. The number of aromatic nitrogens is 2. The minimum atomic E-state index is -0.454. The lowest BCUT2D eigenvalue weighted by Gasteiger charge is -2.23. The Morgan fingerprint density at radius 2 is 2.33 bits per heavy atom. The Balaban J connectivity index is 2.12. The number of hydrogen-bond acceptors (Lipinski definition) is 2. The van der Waals surface area contributed by atoms with Gasteiger partial charge in [-0.3, -0.25) is 0 Å². The van der Waals surface area contributed by atoms with Gasteiger partial charge in [0.05, 0.1) is 5.52 Å². The van der Waals surface area contributed by atoms with Gasteiger partial charge in [0.1, 0.15) is 10.4 Å². The van der Waals surface area contributed by atoms with Gasteiger partial charge in [-0.25, -0.2) is 9.07 Å². The quantitative estimate of drug-likeness (QED) is 0.762. The Bertz CT molecular complexity index is 563. The summed E-state index contributed by atoms with van der Waals surface area (Å²) in [7, 11) is 0. The van der Waals surface area contributed by atoms with E-state index in [1.54, 1.807) is 0 Å². The molecule has 2 aromatic rings. The first-order valence-corrected chi connectivity index (χ1v) is 7.22. The zero-order chi connectivity index (χ0) is 12.5. The van der Waals surface area contributed by atoms with E-state index in [0.717, 1.165) is 40.5 Å². The molecule has 1 aromatic carbocycles. The largest absolute Gasteiger partial charge is 0.356 e. The molecule has 1 saturated heterocycles. The van der Waals surface area contributed by atoms with E-state index < -0.39 is 6.67 Å². The molecule has 3 nitrogen and oxygen atoms in total. The van der Waals surface area contributed by atoms with Crippen LogP contribution in [0.4, 0.5) is 4.39 Å². The molecule has 1 unspecified atom stereocenters. The number of alkyl halides is 1. The third-order valence-electron chi connectivity index (χ3n) is 3.35. The van der Waals surface area contributed by atoms with Crippen molar-refractivity contribution in [1.29, 1.82) is 0 Å². The van der Waals surface area contributed by atoms with Crippen LogP contribution in [0.25, 0.3) is 10.9 Å². The lowest BCUT2D eigenvalue weighted by atomic mass is 10.1. The third-order valence-corrected chi connectivity index (χ3v) is 4.10. The SMILES string of the molecule is FCc1cccc2c1c(I)nn2C1CCCCO1. The van der Waals surface area contributed by atoms with Gasteiger partial charge in [-0.15, -0.1) is 0 Å². The Labute approximate surface area is 118 Å². The molecule has 1 aromatic heterocycles. The first-order chi connectivity index (χ1) is 8.81. The summed E-state index contributed by atoms with van der Waals surface area (Å²) in [6, 6.07) is 5.69. The number of nitrogens with zero attached hydrogens (tertiary/aromatic N) is 2. The maximum atomic E-state index is 13.0. The summed E-state index contributed by atoms with van der Waals surface area (Å²) in [6.07, 6.45) is 3.25. The summed E-state index contributed by atoms with van der Waals surface area (Å²) in [6.45, 7) is 0.329. The number of fused-ring (bicyclic) bond motifs is 1. The second kappa shape index (κ2) is 5.13. The standard InChI is InChI=1S/C13H14FIN2O/c14-8-9-4-3-5-10-12(9)13(15)16-17(10)11-6-1-2-7-18-11/h3-5,11H,1-2,6-8H2. The maximum Gasteiger partial charge on any atom is 0.150 e. The van der Waals surface area contributed by atoms with Crippen molar-refractivity contribution in [1.82, 2.24) is 9.78 Å². The fourth-order valence-corrected chi connectivity index (χ4v) is 3.32. The molecular formula is C13H14FIN2O. The van der Waals surface area contributed by atoms with Crippen LogP contribution < -0.4 is 0 Å². The van der Waals surface area contributed by atoms with E-state index in [-0.39, 0.29) is 6.23 Å². The predicted molar refractivity (Wildman–Crippen MR) is 76.1 cm³/mol. The molecule has 5 heteroatoms. The fraction of sp³-hybridized carbons (Fsp3) is 0.462. The van der Waals surface area contributed by atoms with Gasteiger partial charge >= 0.3 is 0 Å². The van der Waals surface area contributed by atoms with Gasteiger partial charge in [0.15, 0.2) is 6.23 Å². The smallest absolute Gasteiger partial charge is 0.150 e. The molecule has 0 N–H and O–H groups in total. The molecule has 0 amide bonds. The van der Waals surface area contributed by atoms with Crippen LogP contribution in [0.1, 0.15) is 31.1 Å².